The minimum absolute atomic E-state index is 0.862. The molecule has 12 heavy (non-hydrogen) atoms. The van der Waals surface area contributed by atoms with Gasteiger partial charge in [-0.15, -0.1) is 0 Å². The van der Waals surface area contributed by atoms with Crippen LogP contribution in [-0.4, -0.2) is 23.6 Å². The highest BCUT2D eigenvalue weighted by atomic mass is 32.2. The fraction of sp³-hybridized carbons (Fsp3) is 1.00. The van der Waals surface area contributed by atoms with Crippen LogP contribution in [0.2, 0.25) is 0 Å². The highest BCUT2D eigenvalue weighted by molar-refractivity contribution is 7.99. The first kappa shape index (κ1) is 8.89. The second kappa shape index (κ2) is 4.01. The molecule has 0 aliphatic heterocycles. The first-order valence-electron chi connectivity index (χ1n) is 5.17. The zero-order valence-corrected chi connectivity index (χ0v) is 8.70. The van der Waals surface area contributed by atoms with Crippen molar-refractivity contribution in [3.8, 4) is 0 Å². The van der Waals surface area contributed by atoms with E-state index in [9.17, 15) is 0 Å². The fourth-order valence-electron chi connectivity index (χ4n) is 2.05. The second-order valence-electron chi connectivity index (χ2n) is 4.15. The summed E-state index contributed by atoms with van der Waals surface area (Å²) in [4.78, 5) is 0. The van der Waals surface area contributed by atoms with E-state index in [1.54, 1.807) is 0 Å². The van der Waals surface area contributed by atoms with Crippen molar-refractivity contribution in [3.05, 3.63) is 0 Å². The minimum Gasteiger partial charge on any atom is -0.311 e. The third-order valence-corrected chi connectivity index (χ3v) is 4.19. The maximum atomic E-state index is 3.73. The topological polar surface area (TPSA) is 12.0 Å². The van der Waals surface area contributed by atoms with E-state index in [-0.39, 0.29) is 0 Å². The highest BCUT2D eigenvalue weighted by Gasteiger charge is 2.27. The van der Waals surface area contributed by atoms with Crippen LogP contribution in [0.25, 0.3) is 0 Å². The van der Waals surface area contributed by atoms with Crippen molar-refractivity contribution < 1.29 is 0 Å². The van der Waals surface area contributed by atoms with Crippen molar-refractivity contribution in [1.29, 1.82) is 0 Å². The van der Waals surface area contributed by atoms with Gasteiger partial charge < -0.3 is 5.32 Å². The molecule has 1 nitrogen and oxygen atoms in total. The summed E-state index contributed by atoms with van der Waals surface area (Å²) in [5, 5.41) is 4.69. The SMILES string of the molecule is CSC1CCC(NC2CC2)CC1. The molecule has 0 aromatic carbocycles. The average molecular weight is 185 g/mol. The van der Waals surface area contributed by atoms with Gasteiger partial charge in [-0.25, -0.2) is 0 Å². The Labute approximate surface area is 79.7 Å². The fourth-order valence-corrected chi connectivity index (χ4v) is 2.79. The van der Waals surface area contributed by atoms with Gasteiger partial charge in [0.1, 0.15) is 0 Å². The second-order valence-corrected chi connectivity index (χ2v) is 5.29. The Kier molecular flexibility index (Phi) is 2.97. The van der Waals surface area contributed by atoms with E-state index in [0.717, 1.165) is 17.3 Å². The summed E-state index contributed by atoms with van der Waals surface area (Å²) < 4.78 is 0. The van der Waals surface area contributed by atoms with Crippen LogP contribution in [-0.2, 0) is 0 Å². The van der Waals surface area contributed by atoms with Crippen molar-refractivity contribution in [2.45, 2.75) is 55.9 Å². The van der Waals surface area contributed by atoms with Gasteiger partial charge in [-0.05, 0) is 44.8 Å². The van der Waals surface area contributed by atoms with Gasteiger partial charge in [0, 0.05) is 17.3 Å². The molecular weight excluding hydrogens is 166 g/mol. The first-order chi connectivity index (χ1) is 5.88. The Balaban J connectivity index is 1.66. The lowest BCUT2D eigenvalue weighted by Crippen LogP contribution is -2.35. The van der Waals surface area contributed by atoms with Crippen LogP contribution in [0, 0.1) is 0 Å². The van der Waals surface area contributed by atoms with Crippen LogP contribution in [0.15, 0.2) is 0 Å². The Morgan fingerprint density at radius 2 is 1.42 bits per heavy atom. The molecule has 1 N–H and O–H groups in total. The summed E-state index contributed by atoms with van der Waals surface area (Å²) in [6.07, 6.45) is 10.8. The molecule has 0 unspecified atom stereocenters. The third-order valence-electron chi connectivity index (χ3n) is 3.06. The molecule has 2 fully saturated rings. The number of thioether (sulfide) groups is 1. The summed E-state index contributed by atoms with van der Waals surface area (Å²) in [6, 6.07) is 1.77. The van der Waals surface area contributed by atoms with Gasteiger partial charge in [-0.3, -0.25) is 0 Å². The average Bonchev–Trinajstić information content (AvgIpc) is 2.90. The highest BCUT2D eigenvalue weighted by Crippen LogP contribution is 2.29. The molecule has 0 aromatic heterocycles. The van der Waals surface area contributed by atoms with Crippen LogP contribution < -0.4 is 5.32 Å². The monoisotopic (exact) mass is 185 g/mol. The van der Waals surface area contributed by atoms with Crippen molar-refractivity contribution in [1.82, 2.24) is 5.32 Å². The zero-order valence-electron chi connectivity index (χ0n) is 7.88. The molecule has 0 bridgehead atoms. The van der Waals surface area contributed by atoms with E-state index in [2.05, 4.69) is 23.3 Å². The Hall–Kier alpha value is 0.310. The molecule has 2 aliphatic carbocycles. The minimum atomic E-state index is 0.862. The molecular formula is C10H19NS. The van der Waals surface area contributed by atoms with Gasteiger partial charge in [0.15, 0.2) is 0 Å². The summed E-state index contributed by atoms with van der Waals surface area (Å²) in [7, 11) is 0. The molecule has 2 saturated carbocycles. The first-order valence-corrected chi connectivity index (χ1v) is 6.46. The number of hydrogen-bond donors (Lipinski definition) is 1. The quantitative estimate of drug-likeness (QED) is 0.724. The number of nitrogens with one attached hydrogen (secondary N) is 1. The molecule has 70 valence electrons. The van der Waals surface area contributed by atoms with Gasteiger partial charge in [-0.1, -0.05) is 0 Å². The Bertz CT molecular complexity index is 137. The summed E-state index contributed by atoms with van der Waals surface area (Å²) in [5.41, 5.74) is 0. The van der Waals surface area contributed by atoms with Crippen LogP contribution in [0.1, 0.15) is 38.5 Å². The predicted octanol–water partition coefficient (Wildman–Crippen LogP) is 2.41. The van der Waals surface area contributed by atoms with E-state index in [4.69, 9.17) is 0 Å². The van der Waals surface area contributed by atoms with Gasteiger partial charge in [0.25, 0.3) is 0 Å². The van der Waals surface area contributed by atoms with E-state index >= 15 is 0 Å². The van der Waals surface area contributed by atoms with E-state index in [0.29, 0.717) is 0 Å². The van der Waals surface area contributed by atoms with Crippen molar-refractivity contribution in [3.63, 3.8) is 0 Å². The molecule has 0 saturated heterocycles. The molecule has 0 heterocycles. The van der Waals surface area contributed by atoms with Gasteiger partial charge in [0.2, 0.25) is 0 Å². The molecule has 2 heteroatoms. The normalized spacial score (nSPS) is 36.8. The molecule has 0 atom stereocenters. The van der Waals surface area contributed by atoms with Crippen LogP contribution in [0.5, 0.6) is 0 Å². The van der Waals surface area contributed by atoms with Crippen molar-refractivity contribution >= 4 is 11.8 Å². The largest absolute Gasteiger partial charge is 0.311 e. The van der Waals surface area contributed by atoms with Crippen LogP contribution >= 0.6 is 11.8 Å². The molecule has 0 aromatic rings. The summed E-state index contributed by atoms with van der Waals surface area (Å²) in [6.45, 7) is 0. The Morgan fingerprint density at radius 1 is 0.917 bits per heavy atom. The molecule has 0 amide bonds. The summed E-state index contributed by atoms with van der Waals surface area (Å²) in [5.74, 6) is 0. The molecule has 0 radical (unpaired) electrons. The smallest absolute Gasteiger partial charge is 0.00708 e. The molecule has 0 spiro atoms. The lowest BCUT2D eigenvalue weighted by molar-refractivity contribution is 0.378. The van der Waals surface area contributed by atoms with Crippen LogP contribution in [0.3, 0.4) is 0 Å². The number of rotatable bonds is 3. The number of hydrogen-bond acceptors (Lipinski definition) is 2. The third kappa shape index (κ3) is 2.40. The van der Waals surface area contributed by atoms with Gasteiger partial charge in [-0.2, -0.15) is 11.8 Å². The van der Waals surface area contributed by atoms with Crippen molar-refractivity contribution in [2.75, 3.05) is 6.26 Å². The van der Waals surface area contributed by atoms with Crippen LogP contribution in [0.4, 0.5) is 0 Å². The molecule has 2 rings (SSSR count). The maximum Gasteiger partial charge on any atom is 0.00708 e. The molecule has 2 aliphatic rings. The van der Waals surface area contributed by atoms with Crippen molar-refractivity contribution in [2.24, 2.45) is 0 Å². The lowest BCUT2D eigenvalue weighted by atomic mass is 9.95. The standard InChI is InChI=1S/C10H19NS/c1-12-10-6-4-9(5-7-10)11-8-2-3-8/h8-11H,2-7H2,1H3. The van der Waals surface area contributed by atoms with E-state index < -0.39 is 0 Å². The Morgan fingerprint density at radius 3 is 1.83 bits per heavy atom. The summed E-state index contributed by atoms with van der Waals surface area (Å²) >= 11 is 2.05. The van der Waals surface area contributed by atoms with Gasteiger partial charge >= 0.3 is 0 Å². The van der Waals surface area contributed by atoms with E-state index in [1.807, 2.05) is 0 Å². The van der Waals surface area contributed by atoms with Gasteiger partial charge in [0.05, 0.1) is 0 Å². The zero-order chi connectivity index (χ0) is 8.39. The predicted molar refractivity (Wildman–Crippen MR) is 55.7 cm³/mol. The maximum absolute atomic E-state index is 3.73. The van der Waals surface area contributed by atoms with E-state index in [1.165, 1.54) is 38.5 Å². The lowest BCUT2D eigenvalue weighted by Gasteiger charge is -2.28.